The first kappa shape index (κ1) is 20.8. The molecule has 1 fully saturated rings. The molecular weight excluding hydrogens is 374 g/mol. The summed E-state index contributed by atoms with van der Waals surface area (Å²) in [6.45, 7) is 5.32. The number of rotatable bonds is 4. The number of nitrogens with zero attached hydrogens (tertiary/aromatic N) is 1. The zero-order valence-corrected chi connectivity index (χ0v) is 17.0. The van der Waals surface area contributed by atoms with Crippen molar-refractivity contribution in [3.05, 3.63) is 65.5 Å². The Morgan fingerprint density at radius 3 is 2.41 bits per heavy atom. The van der Waals surface area contributed by atoms with Gasteiger partial charge in [0, 0.05) is 22.9 Å². The van der Waals surface area contributed by atoms with Gasteiger partial charge in [0.25, 0.3) is 0 Å². The van der Waals surface area contributed by atoms with E-state index in [4.69, 9.17) is 18.9 Å². The van der Waals surface area contributed by atoms with Crippen LogP contribution in [0.4, 0.5) is 5.69 Å². The lowest BCUT2D eigenvalue weighted by atomic mass is 9.95. The molecule has 154 valence electrons. The van der Waals surface area contributed by atoms with E-state index in [1.165, 1.54) is 20.3 Å². The summed E-state index contributed by atoms with van der Waals surface area (Å²) < 4.78 is 21.5. The van der Waals surface area contributed by atoms with E-state index < -0.39 is 18.2 Å². The summed E-state index contributed by atoms with van der Waals surface area (Å²) in [5.74, 6) is -1.29. The van der Waals surface area contributed by atoms with Crippen molar-refractivity contribution in [3.8, 4) is 0 Å². The number of hydrogen-bond acceptors (Lipinski definition) is 7. The summed E-state index contributed by atoms with van der Waals surface area (Å²) in [6, 6.07) is 7.42. The molecule has 2 aliphatic heterocycles. The van der Waals surface area contributed by atoms with Crippen LogP contribution in [0.3, 0.4) is 0 Å². The molecule has 0 aliphatic carbocycles. The molecule has 0 amide bonds. The second kappa shape index (κ2) is 8.63. The Balaban J connectivity index is 2.00. The molecule has 0 N–H and O–H groups in total. The van der Waals surface area contributed by atoms with Crippen LogP contribution >= 0.6 is 0 Å². The van der Waals surface area contributed by atoms with Gasteiger partial charge >= 0.3 is 11.9 Å². The van der Waals surface area contributed by atoms with Gasteiger partial charge in [-0.25, -0.2) is 9.59 Å². The molecule has 0 aromatic heterocycles. The highest BCUT2D eigenvalue weighted by Gasteiger charge is 2.31. The van der Waals surface area contributed by atoms with Crippen molar-refractivity contribution in [2.75, 3.05) is 32.3 Å². The van der Waals surface area contributed by atoms with Crippen molar-refractivity contribution in [2.24, 2.45) is 5.41 Å². The average molecular weight is 399 g/mol. The maximum atomic E-state index is 12.5. The van der Waals surface area contributed by atoms with Crippen molar-refractivity contribution in [1.29, 1.82) is 0 Å². The number of esters is 2. The maximum Gasteiger partial charge on any atom is 0.355 e. The minimum absolute atomic E-state index is 0.0382. The third-order valence-corrected chi connectivity index (χ3v) is 4.56. The quantitative estimate of drug-likeness (QED) is 0.720. The fourth-order valence-corrected chi connectivity index (χ4v) is 3.07. The van der Waals surface area contributed by atoms with Crippen LogP contribution in [0.2, 0.25) is 0 Å². The molecule has 7 nitrogen and oxygen atoms in total. The van der Waals surface area contributed by atoms with Gasteiger partial charge in [-0.1, -0.05) is 32.1 Å². The van der Waals surface area contributed by atoms with Crippen molar-refractivity contribution < 1.29 is 28.5 Å². The summed E-state index contributed by atoms with van der Waals surface area (Å²) in [5, 5.41) is 0. The molecule has 0 saturated carbocycles. The largest absolute Gasteiger partial charge is 0.465 e. The Labute approximate surface area is 170 Å². The van der Waals surface area contributed by atoms with Gasteiger partial charge in [-0.3, -0.25) is 0 Å². The van der Waals surface area contributed by atoms with Crippen LogP contribution in [0.25, 0.3) is 0 Å². The normalized spacial score (nSPS) is 19.1. The maximum absolute atomic E-state index is 12.5. The molecule has 7 heteroatoms. The van der Waals surface area contributed by atoms with Gasteiger partial charge < -0.3 is 23.8 Å². The lowest BCUT2D eigenvalue weighted by Crippen LogP contribution is -2.33. The van der Waals surface area contributed by atoms with E-state index in [9.17, 15) is 9.59 Å². The van der Waals surface area contributed by atoms with Gasteiger partial charge in [0.15, 0.2) is 6.29 Å². The number of anilines is 1. The standard InChI is InChI=1S/C22H25NO6/c1-22(2)13-28-21(29-14-22)15-8-7-9-16(12-15)23-11-6-5-10-17(19(24)26-3)18(23)20(25)27-4/h5-12,21H,13-14H2,1-4H3. The first-order chi connectivity index (χ1) is 13.9. The molecule has 1 saturated heterocycles. The molecule has 0 radical (unpaired) electrons. The van der Waals surface area contributed by atoms with Crippen molar-refractivity contribution >= 4 is 17.6 Å². The van der Waals surface area contributed by atoms with Crippen molar-refractivity contribution in [3.63, 3.8) is 0 Å². The molecule has 2 aliphatic rings. The van der Waals surface area contributed by atoms with E-state index >= 15 is 0 Å². The summed E-state index contributed by atoms with van der Waals surface area (Å²) in [4.78, 5) is 26.4. The number of hydrogen-bond donors (Lipinski definition) is 0. The van der Waals surface area contributed by atoms with E-state index in [1.807, 2.05) is 24.3 Å². The van der Waals surface area contributed by atoms with Crippen molar-refractivity contribution in [1.82, 2.24) is 0 Å². The molecule has 1 aromatic carbocycles. The van der Waals surface area contributed by atoms with Crippen LogP contribution in [-0.2, 0) is 28.5 Å². The second-order valence-corrected chi connectivity index (χ2v) is 7.53. The van der Waals surface area contributed by atoms with E-state index in [1.54, 1.807) is 23.3 Å². The van der Waals surface area contributed by atoms with Gasteiger partial charge in [0.1, 0.15) is 5.70 Å². The first-order valence-electron chi connectivity index (χ1n) is 9.24. The Morgan fingerprint density at radius 2 is 1.76 bits per heavy atom. The molecule has 2 heterocycles. The Morgan fingerprint density at radius 1 is 1.07 bits per heavy atom. The van der Waals surface area contributed by atoms with Crippen LogP contribution in [0.1, 0.15) is 25.7 Å². The zero-order valence-electron chi connectivity index (χ0n) is 17.0. The Bertz CT molecular complexity index is 873. The average Bonchev–Trinajstić information content (AvgIpc) is 2.95. The first-order valence-corrected chi connectivity index (χ1v) is 9.24. The molecular formula is C22H25NO6. The van der Waals surface area contributed by atoms with E-state index in [0.29, 0.717) is 18.9 Å². The number of carbonyl (C=O) groups is 2. The fraction of sp³-hybridized carbons (Fsp3) is 0.364. The molecule has 0 bridgehead atoms. The Hall–Kier alpha value is -2.90. The summed E-state index contributed by atoms with van der Waals surface area (Å²) in [6.07, 6.45) is 6.09. The van der Waals surface area contributed by atoms with Crippen LogP contribution in [0, 0.1) is 5.41 Å². The topological polar surface area (TPSA) is 74.3 Å². The van der Waals surface area contributed by atoms with E-state index in [0.717, 1.165) is 5.56 Å². The lowest BCUT2D eigenvalue weighted by molar-refractivity contribution is -0.226. The van der Waals surface area contributed by atoms with Gasteiger partial charge in [-0.05, 0) is 24.3 Å². The summed E-state index contributed by atoms with van der Waals surface area (Å²) in [7, 11) is 2.53. The van der Waals surface area contributed by atoms with E-state index in [2.05, 4.69) is 13.8 Å². The highest BCUT2D eigenvalue weighted by Crippen LogP contribution is 2.34. The molecule has 1 aromatic rings. The van der Waals surface area contributed by atoms with E-state index in [-0.39, 0.29) is 16.7 Å². The molecule has 29 heavy (non-hydrogen) atoms. The molecule has 0 spiro atoms. The van der Waals surface area contributed by atoms with Gasteiger partial charge in [0.2, 0.25) is 0 Å². The Kier molecular flexibility index (Phi) is 6.20. The fourth-order valence-electron chi connectivity index (χ4n) is 3.07. The minimum atomic E-state index is -0.654. The van der Waals surface area contributed by atoms with Crippen LogP contribution < -0.4 is 4.90 Å². The number of ether oxygens (including phenoxy) is 4. The summed E-state index contributed by atoms with van der Waals surface area (Å²) in [5.41, 5.74) is 1.59. The highest BCUT2D eigenvalue weighted by atomic mass is 16.7. The molecule has 0 unspecified atom stereocenters. The van der Waals surface area contributed by atoms with Gasteiger partial charge in [-0.2, -0.15) is 0 Å². The van der Waals surface area contributed by atoms with Crippen molar-refractivity contribution in [2.45, 2.75) is 20.1 Å². The number of carbonyl (C=O) groups excluding carboxylic acids is 2. The third-order valence-electron chi connectivity index (χ3n) is 4.56. The second-order valence-electron chi connectivity index (χ2n) is 7.53. The predicted molar refractivity (Wildman–Crippen MR) is 107 cm³/mol. The van der Waals surface area contributed by atoms with Gasteiger partial charge in [-0.15, -0.1) is 0 Å². The minimum Gasteiger partial charge on any atom is -0.465 e. The summed E-state index contributed by atoms with van der Waals surface area (Å²) >= 11 is 0. The number of methoxy groups -OCH3 is 2. The molecule has 0 atom stereocenters. The number of benzene rings is 1. The number of allylic oxidation sites excluding steroid dienone is 2. The zero-order chi connectivity index (χ0) is 21.0. The highest BCUT2D eigenvalue weighted by molar-refractivity contribution is 6.05. The van der Waals surface area contributed by atoms with Crippen LogP contribution in [0.5, 0.6) is 0 Å². The molecule has 3 rings (SSSR count). The third kappa shape index (κ3) is 4.58. The monoisotopic (exact) mass is 399 g/mol. The SMILES string of the molecule is COC(=O)C1=C(C(=O)OC)N(c2cccc(C3OCC(C)(C)CO3)c2)C=CC=C1. The smallest absolute Gasteiger partial charge is 0.355 e. The lowest BCUT2D eigenvalue weighted by Gasteiger charge is -2.35. The van der Waals surface area contributed by atoms with Crippen LogP contribution in [-0.4, -0.2) is 39.4 Å². The van der Waals surface area contributed by atoms with Crippen LogP contribution in [0.15, 0.2) is 60.0 Å². The van der Waals surface area contributed by atoms with Gasteiger partial charge in [0.05, 0.1) is 33.0 Å². The predicted octanol–water partition coefficient (Wildman–Crippen LogP) is 3.25.